The van der Waals surface area contributed by atoms with Crippen LogP contribution in [0.1, 0.15) is 32.1 Å². The zero-order valence-corrected chi connectivity index (χ0v) is 14.5. The molecule has 0 radical (unpaired) electrons. The average molecular weight is 396 g/mol. The van der Waals surface area contributed by atoms with Gasteiger partial charge < -0.3 is 5.53 Å². The topological polar surface area (TPSA) is 105 Å². The molecule has 0 aromatic rings. The van der Waals surface area contributed by atoms with Gasteiger partial charge in [-0.2, -0.15) is 26.4 Å². The van der Waals surface area contributed by atoms with E-state index in [1.807, 2.05) is 0 Å². The molecule has 0 N–H and O–H groups in total. The third-order valence-corrected chi connectivity index (χ3v) is 7.21. The Morgan fingerprint density at radius 3 is 2.28 bits per heavy atom. The van der Waals surface area contributed by atoms with Gasteiger partial charge in [0.15, 0.2) is 0 Å². The van der Waals surface area contributed by atoms with Crippen molar-refractivity contribution in [1.82, 2.24) is 0 Å². The summed E-state index contributed by atoms with van der Waals surface area (Å²) in [6.07, 6.45) is -0.0783. The fourth-order valence-corrected chi connectivity index (χ4v) is 5.84. The lowest BCUT2D eigenvalue weighted by molar-refractivity contribution is -0.0881. The monoisotopic (exact) mass is 396 g/mol. The van der Waals surface area contributed by atoms with Crippen LogP contribution in [-0.2, 0) is 20.1 Å². The van der Waals surface area contributed by atoms with Gasteiger partial charge in [0.2, 0.25) is 10.3 Å². The maximum absolute atomic E-state index is 12.8. The molecule has 0 aliphatic heterocycles. The fraction of sp³-hybridized carbons (Fsp3) is 0.571. The Morgan fingerprint density at radius 1 is 1.20 bits per heavy atom. The van der Waals surface area contributed by atoms with E-state index in [9.17, 15) is 35.5 Å². The van der Waals surface area contributed by atoms with Gasteiger partial charge in [0.05, 0.1) is 16.4 Å². The number of sulfone groups is 1. The summed E-state index contributed by atoms with van der Waals surface area (Å²) in [4.78, 5) is 1.93. The number of rotatable bonds is 2. The van der Waals surface area contributed by atoms with E-state index in [4.69, 9.17) is 0 Å². The van der Waals surface area contributed by atoms with Crippen LogP contribution < -0.4 is 0 Å². The molecule has 0 bridgehead atoms. The van der Waals surface area contributed by atoms with Crippen LogP contribution in [0.25, 0.3) is 5.53 Å². The van der Waals surface area contributed by atoms with E-state index in [2.05, 4.69) is 4.79 Å². The molecule has 25 heavy (non-hydrogen) atoms. The lowest BCUT2D eigenvalue weighted by Gasteiger charge is -2.21. The van der Waals surface area contributed by atoms with E-state index in [0.717, 1.165) is 19.3 Å². The highest BCUT2D eigenvalue weighted by molar-refractivity contribution is 8.08. The SMILES string of the molecule is [N-]=[N+]=C(C1CCCCC1)S(=O)(=O)C1C=CC(C(F)(F)F)=CC1=S(=O)=O. The minimum Gasteiger partial charge on any atom is -0.360 e. The van der Waals surface area contributed by atoms with E-state index in [1.165, 1.54) is 0 Å². The molecule has 0 spiro atoms. The Morgan fingerprint density at radius 2 is 1.80 bits per heavy atom. The molecule has 0 aromatic carbocycles. The van der Waals surface area contributed by atoms with Gasteiger partial charge in [-0.25, -0.2) is 8.42 Å². The minimum absolute atomic E-state index is 0.293. The molecule has 0 heterocycles. The highest BCUT2D eigenvalue weighted by Gasteiger charge is 2.46. The zero-order valence-electron chi connectivity index (χ0n) is 12.9. The van der Waals surface area contributed by atoms with Crippen molar-refractivity contribution < 1.29 is 34.8 Å². The second-order valence-electron chi connectivity index (χ2n) is 5.83. The number of nitrogens with zero attached hydrogens (tertiary/aromatic N) is 2. The average Bonchev–Trinajstić information content (AvgIpc) is 2.54. The van der Waals surface area contributed by atoms with Crippen molar-refractivity contribution in [2.75, 3.05) is 0 Å². The van der Waals surface area contributed by atoms with Gasteiger partial charge in [-0.1, -0.05) is 31.4 Å². The maximum Gasteiger partial charge on any atom is 0.416 e. The van der Waals surface area contributed by atoms with Crippen LogP contribution >= 0.6 is 0 Å². The summed E-state index contributed by atoms with van der Waals surface area (Å²) in [6.45, 7) is 0. The van der Waals surface area contributed by atoms with Gasteiger partial charge in [-0.05, 0) is 18.9 Å². The van der Waals surface area contributed by atoms with Crippen LogP contribution in [0.15, 0.2) is 23.8 Å². The fourth-order valence-electron chi connectivity index (χ4n) is 3.00. The van der Waals surface area contributed by atoms with Crippen molar-refractivity contribution in [3.05, 3.63) is 29.3 Å². The van der Waals surface area contributed by atoms with E-state index in [-0.39, 0.29) is 0 Å². The molecule has 0 aromatic heterocycles. The van der Waals surface area contributed by atoms with E-state index in [0.29, 0.717) is 31.1 Å². The van der Waals surface area contributed by atoms with E-state index < -0.39 is 53.0 Å². The van der Waals surface area contributed by atoms with Gasteiger partial charge in [0, 0.05) is 0 Å². The largest absolute Gasteiger partial charge is 0.416 e. The Hall–Kier alpha value is -1.71. The number of hydrogen-bond acceptors (Lipinski definition) is 4. The van der Waals surface area contributed by atoms with Crippen molar-refractivity contribution in [1.29, 1.82) is 0 Å². The second-order valence-corrected chi connectivity index (χ2v) is 8.79. The molecular formula is C14H15F3N2O4S2. The second kappa shape index (κ2) is 7.27. The van der Waals surface area contributed by atoms with Crippen molar-refractivity contribution >= 4 is 30.0 Å². The smallest absolute Gasteiger partial charge is 0.360 e. The summed E-state index contributed by atoms with van der Waals surface area (Å²) in [5, 5.41) is -2.42. The van der Waals surface area contributed by atoms with Crippen LogP contribution in [0, 0.1) is 5.92 Å². The molecule has 11 heteroatoms. The van der Waals surface area contributed by atoms with Crippen LogP contribution in [0.2, 0.25) is 0 Å². The first-order valence-electron chi connectivity index (χ1n) is 7.48. The van der Waals surface area contributed by atoms with Gasteiger partial charge in [-0.15, -0.1) is 0 Å². The Balaban J connectivity index is 2.49. The molecule has 6 nitrogen and oxygen atoms in total. The zero-order chi connectivity index (χ0) is 18.8. The third-order valence-electron chi connectivity index (χ3n) is 4.23. The molecule has 1 fully saturated rings. The number of halogens is 3. The first-order valence-corrected chi connectivity index (χ1v) is 10.1. The van der Waals surface area contributed by atoms with E-state index >= 15 is 0 Å². The molecule has 2 aliphatic rings. The first-order chi connectivity index (χ1) is 11.6. The van der Waals surface area contributed by atoms with Crippen molar-refractivity contribution in [3.8, 4) is 0 Å². The summed E-state index contributed by atoms with van der Waals surface area (Å²) in [5.41, 5.74) is 7.91. The van der Waals surface area contributed by atoms with Crippen molar-refractivity contribution in [3.63, 3.8) is 0 Å². The third kappa shape index (κ3) is 4.10. The molecule has 2 aliphatic carbocycles. The minimum atomic E-state index is -4.81. The number of allylic oxidation sites excluding steroid dienone is 3. The predicted octanol–water partition coefficient (Wildman–Crippen LogP) is 2.09. The summed E-state index contributed by atoms with van der Waals surface area (Å²) >= 11 is 0. The molecular weight excluding hydrogens is 381 g/mol. The summed E-state index contributed by atoms with van der Waals surface area (Å²) in [6, 6.07) is 0. The standard InChI is InChI=1S/C14H15F3N2O4S2/c15-14(16,17)10-6-7-12(11(8-10)24(20)21)25(22,23)13(19-18)9-4-2-1-3-5-9/h6-9,12H,1-5H2. The van der Waals surface area contributed by atoms with Crippen LogP contribution in [0.3, 0.4) is 0 Å². The molecule has 138 valence electrons. The highest BCUT2D eigenvalue weighted by atomic mass is 32.2. The summed E-state index contributed by atoms with van der Waals surface area (Å²) in [7, 11) is -7.65. The normalized spacial score (nSPS) is 22.3. The Kier molecular flexibility index (Phi) is 5.70. The molecule has 1 atom stereocenters. The lowest BCUT2D eigenvalue weighted by Crippen LogP contribution is -2.39. The van der Waals surface area contributed by atoms with Gasteiger partial charge in [-0.3, -0.25) is 0 Å². The number of alkyl halides is 3. The predicted molar refractivity (Wildman–Crippen MR) is 85.1 cm³/mol. The summed E-state index contributed by atoms with van der Waals surface area (Å²) < 4.78 is 86.4. The quantitative estimate of drug-likeness (QED) is 0.234. The molecule has 2 rings (SSSR count). The molecule has 0 saturated heterocycles. The van der Waals surface area contributed by atoms with Crippen molar-refractivity contribution in [2.45, 2.75) is 43.5 Å². The maximum atomic E-state index is 12.8. The van der Waals surface area contributed by atoms with Crippen LogP contribution in [0.4, 0.5) is 13.2 Å². The van der Waals surface area contributed by atoms with Gasteiger partial charge >= 0.3 is 11.2 Å². The number of hydrogen-bond donors (Lipinski definition) is 0. The first kappa shape index (κ1) is 19.6. The van der Waals surface area contributed by atoms with Gasteiger partial charge in [0.1, 0.15) is 5.25 Å². The highest BCUT2D eigenvalue weighted by Crippen LogP contribution is 2.32. The Labute approximate surface area is 144 Å². The van der Waals surface area contributed by atoms with Crippen molar-refractivity contribution in [2.24, 2.45) is 5.92 Å². The van der Waals surface area contributed by atoms with Crippen LogP contribution in [0.5, 0.6) is 0 Å². The molecule has 1 unspecified atom stereocenters. The molecule has 0 amide bonds. The Bertz CT molecular complexity index is 894. The van der Waals surface area contributed by atoms with Crippen LogP contribution in [-0.4, -0.2) is 43.0 Å². The molecule has 1 saturated carbocycles. The summed E-state index contributed by atoms with van der Waals surface area (Å²) in [5.74, 6) is -0.577. The van der Waals surface area contributed by atoms with E-state index in [1.54, 1.807) is 0 Å². The van der Waals surface area contributed by atoms with Gasteiger partial charge in [0.25, 0.3) is 9.84 Å². The lowest BCUT2D eigenvalue weighted by atomic mass is 9.90.